The second-order valence-corrected chi connectivity index (χ2v) is 6.97. The smallest absolute Gasteiger partial charge is 0.238 e. The SMILES string of the molecule is Cc1nc(-c2cccc(NC(=O)CN3CCNC[C@H]3C)c2)cs1. The lowest BCUT2D eigenvalue weighted by Crippen LogP contribution is -2.51. The van der Waals surface area contributed by atoms with Gasteiger partial charge in [-0.2, -0.15) is 0 Å². The Morgan fingerprint density at radius 2 is 2.39 bits per heavy atom. The van der Waals surface area contributed by atoms with Gasteiger partial charge in [-0.15, -0.1) is 11.3 Å². The van der Waals surface area contributed by atoms with Crippen LogP contribution in [0.4, 0.5) is 5.69 Å². The number of piperazine rings is 1. The molecule has 23 heavy (non-hydrogen) atoms. The van der Waals surface area contributed by atoms with Crippen LogP contribution in [0.15, 0.2) is 29.6 Å². The first kappa shape index (κ1) is 16.1. The van der Waals surface area contributed by atoms with Crippen LogP contribution in [-0.2, 0) is 4.79 Å². The average Bonchev–Trinajstić information content (AvgIpc) is 2.96. The Morgan fingerprint density at radius 1 is 1.52 bits per heavy atom. The Bertz CT molecular complexity index is 685. The quantitative estimate of drug-likeness (QED) is 0.903. The molecule has 5 nitrogen and oxygen atoms in total. The van der Waals surface area contributed by atoms with Crippen molar-refractivity contribution in [1.29, 1.82) is 0 Å². The van der Waals surface area contributed by atoms with Gasteiger partial charge in [-0.1, -0.05) is 12.1 Å². The number of carbonyl (C=O) groups excluding carboxylic acids is 1. The van der Waals surface area contributed by atoms with Crippen LogP contribution in [0.5, 0.6) is 0 Å². The molecule has 0 saturated carbocycles. The molecule has 122 valence electrons. The molecule has 1 saturated heterocycles. The summed E-state index contributed by atoms with van der Waals surface area (Å²) in [5.74, 6) is 0.0327. The Kier molecular flexibility index (Phi) is 5.05. The number of hydrogen-bond acceptors (Lipinski definition) is 5. The lowest BCUT2D eigenvalue weighted by atomic mass is 10.1. The number of aryl methyl sites for hydroxylation is 1. The van der Waals surface area contributed by atoms with Crippen LogP contribution in [0, 0.1) is 6.92 Å². The van der Waals surface area contributed by atoms with E-state index in [0.29, 0.717) is 12.6 Å². The van der Waals surface area contributed by atoms with Crippen molar-refractivity contribution in [2.75, 3.05) is 31.5 Å². The molecule has 3 rings (SSSR count). The Morgan fingerprint density at radius 3 is 3.13 bits per heavy atom. The van der Waals surface area contributed by atoms with Crippen LogP contribution in [0.1, 0.15) is 11.9 Å². The predicted molar refractivity (Wildman–Crippen MR) is 94.8 cm³/mol. The zero-order chi connectivity index (χ0) is 16.2. The van der Waals surface area contributed by atoms with E-state index in [1.54, 1.807) is 11.3 Å². The van der Waals surface area contributed by atoms with Crippen LogP contribution in [0.25, 0.3) is 11.3 Å². The van der Waals surface area contributed by atoms with Crippen molar-refractivity contribution < 1.29 is 4.79 Å². The number of nitrogens with one attached hydrogen (secondary N) is 2. The van der Waals surface area contributed by atoms with Crippen molar-refractivity contribution >= 4 is 22.9 Å². The fraction of sp³-hybridized carbons (Fsp3) is 0.412. The fourth-order valence-corrected chi connectivity index (χ4v) is 3.38. The summed E-state index contributed by atoms with van der Waals surface area (Å²) >= 11 is 1.63. The zero-order valence-electron chi connectivity index (χ0n) is 13.5. The number of thiazole rings is 1. The van der Waals surface area contributed by atoms with Gasteiger partial charge in [-0.05, 0) is 26.0 Å². The maximum Gasteiger partial charge on any atom is 0.238 e. The summed E-state index contributed by atoms with van der Waals surface area (Å²) in [4.78, 5) is 19.0. The third-order valence-electron chi connectivity index (χ3n) is 4.05. The van der Waals surface area contributed by atoms with Crippen molar-refractivity contribution in [3.05, 3.63) is 34.7 Å². The largest absolute Gasteiger partial charge is 0.325 e. The van der Waals surface area contributed by atoms with Gasteiger partial charge >= 0.3 is 0 Å². The molecule has 1 amide bonds. The number of anilines is 1. The second-order valence-electron chi connectivity index (χ2n) is 5.90. The highest BCUT2D eigenvalue weighted by Crippen LogP contribution is 2.24. The minimum Gasteiger partial charge on any atom is -0.325 e. The Balaban J connectivity index is 1.64. The molecule has 1 atom stereocenters. The lowest BCUT2D eigenvalue weighted by molar-refractivity contribution is -0.118. The molecule has 0 unspecified atom stereocenters. The molecule has 0 radical (unpaired) electrons. The summed E-state index contributed by atoms with van der Waals surface area (Å²) in [6.07, 6.45) is 0. The molecule has 1 fully saturated rings. The van der Waals surface area contributed by atoms with Crippen molar-refractivity contribution in [2.45, 2.75) is 19.9 Å². The molecule has 0 bridgehead atoms. The van der Waals surface area contributed by atoms with Crippen molar-refractivity contribution in [3.8, 4) is 11.3 Å². The van der Waals surface area contributed by atoms with E-state index < -0.39 is 0 Å². The van der Waals surface area contributed by atoms with Crippen LogP contribution in [0.3, 0.4) is 0 Å². The molecule has 2 aromatic rings. The van der Waals surface area contributed by atoms with Crippen LogP contribution in [-0.4, -0.2) is 48.0 Å². The van der Waals surface area contributed by atoms with E-state index in [0.717, 1.165) is 41.6 Å². The minimum absolute atomic E-state index is 0.0327. The molecular weight excluding hydrogens is 308 g/mol. The van der Waals surface area contributed by atoms with Gasteiger partial charge in [0.05, 0.1) is 17.2 Å². The highest BCUT2D eigenvalue weighted by molar-refractivity contribution is 7.09. The van der Waals surface area contributed by atoms with Gasteiger partial charge in [0.2, 0.25) is 5.91 Å². The normalized spacial score (nSPS) is 18.8. The van der Waals surface area contributed by atoms with Crippen LogP contribution in [0.2, 0.25) is 0 Å². The molecular formula is C17H22N4OS. The van der Waals surface area contributed by atoms with E-state index in [2.05, 4.69) is 27.4 Å². The van der Waals surface area contributed by atoms with Gasteiger partial charge < -0.3 is 10.6 Å². The summed E-state index contributed by atoms with van der Waals surface area (Å²) in [6, 6.07) is 8.25. The Labute approximate surface area is 140 Å². The summed E-state index contributed by atoms with van der Waals surface area (Å²) in [6.45, 7) is 7.36. The monoisotopic (exact) mass is 330 g/mol. The summed E-state index contributed by atoms with van der Waals surface area (Å²) in [5.41, 5.74) is 2.81. The van der Waals surface area contributed by atoms with E-state index in [4.69, 9.17) is 0 Å². The van der Waals surface area contributed by atoms with E-state index in [-0.39, 0.29) is 5.91 Å². The maximum absolute atomic E-state index is 12.3. The van der Waals surface area contributed by atoms with Crippen LogP contribution < -0.4 is 10.6 Å². The molecule has 2 N–H and O–H groups in total. The van der Waals surface area contributed by atoms with Gasteiger partial charge in [0, 0.05) is 42.3 Å². The first-order chi connectivity index (χ1) is 11.1. The third-order valence-corrected chi connectivity index (χ3v) is 4.82. The number of aromatic nitrogens is 1. The molecule has 6 heteroatoms. The summed E-state index contributed by atoms with van der Waals surface area (Å²) < 4.78 is 0. The van der Waals surface area contributed by atoms with E-state index in [9.17, 15) is 4.79 Å². The first-order valence-electron chi connectivity index (χ1n) is 7.89. The average molecular weight is 330 g/mol. The van der Waals surface area contributed by atoms with Crippen molar-refractivity contribution in [2.24, 2.45) is 0 Å². The van der Waals surface area contributed by atoms with Crippen molar-refractivity contribution in [1.82, 2.24) is 15.2 Å². The summed E-state index contributed by atoms with van der Waals surface area (Å²) in [5, 5.41) is 9.42. The molecule has 0 aliphatic carbocycles. The molecule has 1 aromatic carbocycles. The first-order valence-corrected chi connectivity index (χ1v) is 8.77. The minimum atomic E-state index is 0.0327. The standard InChI is InChI=1S/C17H22N4OS/c1-12-9-18-6-7-21(12)10-17(22)20-15-5-3-4-14(8-15)16-11-23-13(2)19-16/h3-5,8,11-12,18H,6-7,9-10H2,1-2H3,(H,20,22)/t12-/m1/s1. The fourth-order valence-electron chi connectivity index (χ4n) is 2.76. The Hall–Kier alpha value is -1.76. The van der Waals surface area contributed by atoms with Gasteiger partial charge in [0.1, 0.15) is 0 Å². The van der Waals surface area contributed by atoms with Gasteiger partial charge in [-0.3, -0.25) is 9.69 Å². The second kappa shape index (κ2) is 7.21. The number of carbonyl (C=O) groups is 1. The highest BCUT2D eigenvalue weighted by Gasteiger charge is 2.20. The van der Waals surface area contributed by atoms with Gasteiger partial charge in [-0.25, -0.2) is 4.98 Å². The van der Waals surface area contributed by atoms with E-state index >= 15 is 0 Å². The number of nitrogens with zero attached hydrogens (tertiary/aromatic N) is 2. The van der Waals surface area contributed by atoms with Crippen molar-refractivity contribution in [3.63, 3.8) is 0 Å². The summed E-state index contributed by atoms with van der Waals surface area (Å²) in [7, 11) is 0. The highest BCUT2D eigenvalue weighted by atomic mass is 32.1. The van der Waals surface area contributed by atoms with Gasteiger partial charge in [0.25, 0.3) is 0 Å². The molecule has 1 aliphatic rings. The molecule has 1 aliphatic heterocycles. The number of amides is 1. The topological polar surface area (TPSA) is 57.3 Å². The van der Waals surface area contributed by atoms with Crippen LogP contribution >= 0.6 is 11.3 Å². The number of benzene rings is 1. The molecule has 2 heterocycles. The number of rotatable bonds is 4. The van der Waals surface area contributed by atoms with Gasteiger partial charge in [0.15, 0.2) is 0 Å². The zero-order valence-corrected chi connectivity index (χ0v) is 14.3. The molecule has 1 aromatic heterocycles. The third kappa shape index (κ3) is 4.16. The number of hydrogen-bond donors (Lipinski definition) is 2. The maximum atomic E-state index is 12.3. The predicted octanol–water partition coefficient (Wildman–Crippen LogP) is 2.35. The molecule has 0 spiro atoms. The van der Waals surface area contributed by atoms with E-state index in [1.165, 1.54) is 0 Å². The van der Waals surface area contributed by atoms with E-state index in [1.807, 2.05) is 36.6 Å². The lowest BCUT2D eigenvalue weighted by Gasteiger charge is -2.33.